The Hall–Kier alpha value is -3.09. The normalized spacial score (nSPS) is 12.4. The molecule has 0 saturated heterocycles. The van der Waals surface area contributed by atoms with Gasteiger partial charge in [0.15, 0.2) is 0 Å². The molecule has 0 saturated carbocycles. The summed E-state index contributed by atoms with van der Waals surface area (Å²) in [4.78, 5) is 28.9. The topological polar surface area (TPSA) is 86.8 Å². The molecule has 1 N–H and O–H groups in total. The van der Waals surface area contributed by atoms with Gasteiger partial charge in [-0.2, -0.15) is 13.2 Å². The van der Waals surface area contributed by atoms with Crippen molar-refractivity contribution in [2.24, 2.45) is 0 Å². The summed E-state index contributed by atoms with van der Waals surface area (Å²) >= 11 is 9.58. The number of rotatable bonds is 13. The summed E-state index contributed by atoms with van der Waals surface area (Å²) in [6, 6.07) is 17.2. The Morgan fingerprint density at radius 1 is 1.00 bits per heavy atom. The second-order valence-corrected chi connectivity index (χ2v) is 13.2. The number of benzene rings is 3. The number of sulfonamides is 1. The van der Waals surface area contributed by atoms with Crippen LogP contribution in [0.25, 0.3) is 0 Å². The number of nitrogens with zero attached hydrogens (tertiary/aromatic N) is 2. The van der Waals surface area contributed by atoms with Gasteiger partial charge in [0.05, 0.1) is 22.5 Å². The molecule has 1 unspecified atom stereocenters. The van der Waals surface area contributed by atoms with Gasteiger partial charge >= 0.3 is 6.18 Å². The highest BCUT2D eigenvalue weighted by molar-refractivity contribution is 9.10. The molecule has 13 heteroatoms. The van der Waals surface area contributed by atoms with Crippen molar-refractivity contribution in [2.45, 2.75) is 44.9 Å². The summed E-state index contributed by atoms with van der Waals surface area (Å²) in [6.45, 7) is 1.37. The van der Waals surface area contributed by atoms with Gasteiger partial charge in [0.2, 0.25) is 21.8 Å². The van der Waals surface area contributed by atoms with Crippen LogP contribution in [0.5, 0.6) is 0 Å². The van der Waals surface area contributed by atoms with Crippen LogP contribution in [-0.2, 0) is 38.8 Å². The van der Waals surface area contributed by atoms with E-state index in [0.717, 1.165) is 34.8 Å². The third-order valence-corrected chi connectivity index (χ3v) is 8.50. The van der Waals surface area contributed by atoms with Gasteiger partial charge in [0, 0.05) is 24.0 Å². The van der Waals surface area contributed by atoms with Crippen molar-refractivity contribution in [2.75, 3.05) is 23.7 Å². The van der Waals surface area contributed by atoms with Crippen molar-refractivity contribution in [3.05, 3.63) is 99.0 Å². The lowest BCUT2D eigenvalue weighted by atomic mass is 10.0. The van der Waals surface area contributed by atoms with E-state index in [-0.39, 0.29) is 18.0 Å². The zero-order valence-corrected chi connectivity index (χ0v) is 26.7. The fourth-order valence-electron chi connectivity index (χ4n) is 4.37. The van der Waals surface area contributed by atoms with Crippen LogP contribution in [0, 0.1) is 0 Å². The average Bonchev–Trinajstić information content (AvgIpc) is 2.93. The van der Waals surface area contributed by atoms with Crippen molar-refractivity contribution < 1.29 is 31.2 Å². The molecule has 43 heavy (non-hydrogen) atoms. The first-order valence-corrected chi connectivity index (χ1v) is 16.4. The first kappa shape index (κ1) is 34.4. The van der Waals surface area contributed by atoms with E-state index < -0.39 is 51.9 Å². The molecule has 0 fully saturated rings. The standard InChI is InChI=1S/C30H32BrClF3N3O4S/c1-3-4-15-36-29(40)27(17-21-9-6-5-7-10-21)37(19-22-11-8-12-24(31)16-22)28(39)20-38(43(2,41)42)26-18-23(30(33,34)35)13-14-25(26)32/h5-14,16,18,27H,3-4,15,17,19-20H2,1-2H3,(H,36,40). The number of alkyl halides is 3. The Balaban J connectivity index is 2.10. The number of carbonyl (C=O) groups excluding carboxylic acids is 2. The summed E-state index contributed by atoms with van der Waals surface area (Å²) in [5.74, 6) is -1.24. The third-order valence-electron chi connectivity index (χ3n) is 6.56. The van der Waals surface area contributed by atoms with E-state index in [2.05, 4.69) is 21.2 Å². The van der Waals surface area contributed by atoms with Crippen LogP contribution >= 0.6 is 27.5 Å². The van der Waals surface area contributed by atoms with Crippen molar-refractivity contribution >= 4 is 55.1 Å². The Bertz CT molecular complexity index is 1520. The predicted octanol–water partition coefficient (Wildman–Crippen LogP) is 6.44. The third kappa shape index (κ3) is 9.97. The number of anilines is 1. The average molecular weight is 703 g/mol. The predicted molar refractivity (Wildman–Crippen MR) is 165 cm³/mol. The summed E-state index contributed by atoms with van der Waals surface area (Å²) in [5, 5.41) is 2.58. The van der Waals surface area contributed by atoms with Crippen molar-refractivity contribution in [1.29, 1.82) is 0 Å². The highest BCUT2D eigenvalue weighted by Gasteiger charge is 2.35. The number of unbranched alkanes of at least 4 members (excludes halogenated alkanes) is 1. The van der Waals surface area contributed by atoms with Crippen LogP contribution in [-0.4, -0.2) is 50.5 Å². The van der Waals surface area contributed by atoms with E-state index in [4.69, 9.17) is 11.6 Å². The Morgan fingerprint density at radius 3 is 2.28 bits per heavy atom. The molecule has 0 aromatic heterocycles. The van der Waals surface area contributed by atoms with Crippen molar-refractivity contribution in [3.63, 3.8) is 0 Å². The summed E-state index contributed by atoms with van der Waals surface area (Å²) < 4.78 is 67.6. The molecule has 0 aliphatic carbocycles. The summed E-state index contributed by atoms with van der Waals surface area (Å²) in [7, 11) is -4.31. The fourth-order valence-corrected chi connectivity index (χ4v) is 5.94. The zero-order valence-electron chi connectivity index (χ0n) is 23.6. The van der Waals surface area contributed by atoms with Gasteiger partial charge in [-0.3, -0.25) is 13.9 Å². The molecule has 232 valence electrons. The van der Waals surface area contributed by atoms with Crippen LogP contribution < -0.4 is 9.62 Å². The van der Waals surface area contributed by atoms with E-state index in [9.17, 15) is 31.2 Å². The van der Waals surface area contributed by atoms with Gasteiger partial charge in [-0.25, -0.2) is 8.42 Å². The minimum Gasteiger partial charge on any atom is -0.354 e. The lowest BCUT2D eigenvalue weighted by Crippen LogP contribution is -2.53. The largest absolute Gasteiger partial charge is 0.416 e. The minimum atomic E-state index is -4.78. The number of amides is 2. The maximum Gasteiger partial charge on any atom is 0.416 e. The molecule has 0 heterocycles. The quantitative estimate of drug-likeness (QED) is 0.208. The van der Waals surface area contributed by atoms with Gasteiger partial charge in [0.25, 0.3) is 0 Å². The highest BCUT2D eigenvalue weighted by atomic mass is 79.9. The maximum atomic E-state index is 14.1. The molecule has 0 spiro atoms. The molecule has 0 aliphatic heterocycles. The lowest BCUT2D eigenvalue weighted by molar-refractivity contribution is -0.140. The maximum absolute atomic E-state index is 14.1. The van der Waals surface area contributed by atoms with E-state index >= 15 is 0 Å². The van der Waals surface area contributed by atoms with Crippen LogP contribution in [0.1, 0.15) is 36.5 Å². The number of hydrogen-bond acceptors (Lipinski definition) is 4. The first-order valence-electron chi connectivity index (χ1n) is 13.4. The molecule has 0 bridgehead atoms. The Labute approximate surface area is 263 Å². The van der Waals surface area contributed by atoms with Gasteiger partial charge < -0.3 is 10.2 Å². The number of hydrogen-bond donors (Lipinski definition) is 1. The van der Waals surface area contributed by atoms with Gasteiger partial charge in [0.1, 0.15) is 12.6 Å². The van der Waals surface area contributed by atoms with E-state index in [1.54, 1.807) is 48.5 Å². The van der Waals surface area contributed by atoms with Crippen LogP contribution in [0.3, 0.4) is 0 Å². The second-order valence-electron chi connectivity index (χ2n) is 9.94. The van der Waals surface area contributed by atoms with Gasteiger partial charge in [-0.1, -0.05) is 83.3 Å². The monoisotopic (exact) mass is 701 g/mol. The van der Waals surface area contributed by atoms with Gasteiger partial charge in [-0.15, -0.1) is 0 Å². The molecule has 0 aliphatic rings. The van der Waals surface area contributed by atoms with E-state index in [0.29, 0.717) is 28.9 Å². The molecule has 3 rings (SSSR count). The fraction of sp³-hybridized carbons (Fsp3) is 0.333. The highest BCUT2D eigenvalue weighted by Crippen LogP contribution is 2.36. The smallest absolute Gasteiger partial charge is 0.354 e. The van der Waals surface area contributed by atoms with Crippen LogP contribution in [0.4, 0.5) is 18.9 Å². The molecule has 7 nitrogen and oxygen atoms in total. The first-order chi connectivity index (χ1) is 20.2. The number of carbonyl (C=O) groups is 2. The molecular formula is C30H32BrClF3N3O4S. The lowest BCUT2D eigenvalue weighted by Gasteiger charge is -2.33. The van der Waals surface area contributed by atoms with Crippen LogP contribution in [0.2, 0.25) is 5.02 Å². The molecule has 1 atom stereocenters. The summed E-state index contributed by atoms with van der Waals surface area (Å²) in [5.41, 5.74) is -0.228. The van der Waals surface area contributed by atoms with Crippen molar-refractivity contribution in [1.82, 2.24) is 10.2 Å². The van der Waals surface area contributed by atoms with Crippen LogP contribution in [0.15, 0.2) is 77.3 Å². The molecule has 0 radical (unpaired) electrons. The van der Waals surface area contributed by atoms with E-state index in [1.807, 2.05) is 13.0 Å². The SMILES string of the molecule is CCCCNC(=O)C(Cc1ccccc1)N(Cc1cccc(Br)c1)C(=O)CN(c1cc(C(F)(F)F)ccc1Cl)S(C)(=O)=O. The molecule has 3 aromatic rings. The number of halogens is 5. The summed E-state index contributed by atoms with van der Waals surface area (Å²) in [6.07, 6.45) is -2.36. The van der Waals surface area contributed by atoms with E-state index in [1.165, 1.54) is 4.90 Å². The minimum absolute atomic E-state index is 0.0785. The molecule has 2 amide bonds. The zero-order chi connectivity index (χ0) is 31.8. The second kappa shape index (κ2) is 15.1. The Kier molecular flexibility index (Phi) is 12.1. The van der Waals surface area contributed by atoms with Gasteiger partial charge in [-0.05, 0) is 47.9 Å². The Morgan fingerprint density at radius 2 is 1.67 bits per heavy atom. The molecule has 3 aromatic carbocycles. The van der Waals surface area contributed by atoms with Crippen molar-refractivity contribution in [3.8, 4) is 0 Å². The number of nitrogens with one attached hydrogen (secondary N) is 1. The molecular weight excluding hydrogens is 671 g/mol.